The number of imidazole rings is 1. The summed E-state index contributed by atoms with van der Waals surface area (Å²) in [5, 5.41) is 1.39. The molecule has 0 aliphatic rings. The van der Waals surface area contributed by atoms with E-state index in [9.17, 15) is 0 Å². The second-order valence-corrected chi connectivity index (χ2v) is 5.65. The van der Waals surface area contributed by atoms with Crippen LogP contribution in [0.5, 0.6) is 5.75 Å². The number of ether oxygens (including phenoxy) is 1. The number of hydrogen-bond donors (Lipinski definition) is 0. The highest BCUT2D eigenvalue weighted by Gasteiger charge is 2.21. The van der Waals surface area contributed by atoms with Crippen LogP contribution in [-0.4, -0.2) is 14.5 Å². The lowest BCUT2D eigenvalue weighted by Gasteiger charge is -2.21. The summed E-state index contributed by atoms with van der Waals surface area (Å²) in [6, 6.07) is 8.65. The highest BCUT2D eigenvalue weighted by molar-refractivity contribution is 6.42. The van der Waals surface area contributed by atoms with Gasteiger partial charge in [-0.25, -0.2) is 4.98 Å². The van der Waals surface area contributed by atoms with E-state index in [1.54, 1.807) is 59.8 Å². The summed E-state index contributed by atoms with van der Waals surface area (Å²) in [4.78, 5) is 8.33. The lowest BCUT2D eigenvalue weighted by atomic mass is 10.3. The van der Waals surface area contributed by atoms with E-state index in [-0.39, 0.29) is 0 Å². The third kappa shape index (κ3) is 3.19. The van der Waals surface area contributed by atoms with Crippen LogP contribution in [0.3, 0.4) is 0 Å². The van der Waals surface area contributed by atoms with Gasteiger partial charge in [0, 0.05) is 23.6 Å². The van der Waals surface area contributed by atoms with Gasteiger partial charge in [-0.2, -0.15) is 0 Å². The summed E-state index contributed by atoms with van der Waals surface area (Å²) in [7, 11) is 0. The molecule has 0 saturated heterocycles. The van der Waals surface area contributed by atoms with Gasteiger partial charge in [-0.05, 0) is 30.3 Å². The smallest absolute Gasteiger partial charge is 0.221 e. The summed E-state index contributed by atoms with van der Waals surface area (Å²) in [6.07, 6.45) is 6.03. The normalized spacial score (nSPS) is 12.1. The summed E-state index contributed by atoms with van der Waals surface area (Å²) in [6.45, 7) is 0. The Hall–Kier alpha value is -1.75. The van der Waals surface area contributed by atoms with Gasteiger partial charge in [-0.3, -0.25) is 9.55 Å². The summed E-state index contributed by atoms with van der Waals surface area (Å²) >= 11 is 18.2. The minimum absolute atomic E-state index is 0.344. The van der Waals surface area contributed by atoms with E-state index in [1.807, 2.05) is 0 Å². The minimum Gasteiger partial charge on any atom is -0.464 e. The molecular formula is C15H10Cl3N3O. The molecule has 2 aromatic heterocycles. The Morgan fingerprint density at radius 1 is 1.00 bits per heavy atom. The summed E-state index contributed by atoms with van der Waals surface area (Å²) in [5.74, 6) is 0.626. The van der Waals surface area contributed by atoms with Crippen LogP contribution in [0.2, 0.25) is 15.1 Å². The Morgan fingerprint density at radius 3 is 2.45 bits per heavy atom. The molecule has 1 atom stereocenters. The van der Waals surface area contributed by atoms with Gasteiger partial charge < -0.3 is 4.74 Å². The van der Waals surface area contributed by atoms with Gasteiger partial charge in [0.15, 0.2) is 0 Å². The second-order valence-electron chi connectivity index (χ2n) is 4.43. The van der Waals surface area contributed by atoms with E-state index in [0.717, 1.165) is 0 Å². The van der Waals surface area contributed by atoms with Crippen LogP contribution < -0.4 is 4.74 Å². The van der Waals surface area contributed by atoms with Gasteiger partial charge in [-0.1, -0.05) is 34.8 Å². The Morgan fingerprint density at radius 2 is 1.77 bits per heavy atom. The molecule has 4 nitrogen and oxygen atoms in total. The first kappa shape index (κ1) is 15.2. The van der Waals surface area contributed by atoms with Gasteiger partial charge in [0.25, 0.3) is 0 Å². The van der Waals surface area contributed by atoms with Crippen LogP contribution in [0, 0.1) is 0 Å². The molecule has 3 rings (SSSR count). The van der Waals surface area contributed by atoms with Crippen LogP contribution in [0.25, 0.3) is 0 Å². The molecule has 0 radical (unpaired) electrons. The maximum Gasteiger partial charge on any atom is 0.221 e. The molecule has 0 aliphatic carbocycles. The molecule has 1 aromatic carbocycles. The fraction of sp³-hybridized carbons (Fsp3) is 0.0667. The maximum atomic E-state index is 6.27. The Kier molecular flexibility index (Phi) is 4.52. The van der Waals surface area contributed by atoms with Crippen molar-refractivity contribution in [3.63, 3.8) is 0 Å². The summed E-state index contributed by atoms with van der Waals surface area (Å²) in [5.41, 5.74) is 0.502. The molecule has 0 fully saturated rings. The minimum atomic E-state index is -0.588. The van der Waals surface area contributed by atoms with Gasteiger partial charge in [0.2, 0.25) is 6.23 Å². The highest BCUT2D eigenvalue weighted by Crippen LogP contribution is 2.32. The van der Waals surface area contributed by atoms with Gasteiger partial charge in [0.05, 0.1) is 16.4 Å². The largest absolute Gasteiger partial charge is 0.464 e. The van der Waals surface area contributed by atoms with Gasteiger partial charge >= 0.3 is 0 Å². The lowest BCUT2D eigenvalue weighted by molar-refractivity contribution is 0.169. The molecule has 112 valence electrons. The van der Waals surface area contributed by atoms with Crippen molar-refractivity contribution >= 4 is 34.8 Å². The zero-order valence-electron chi connectivity index (χ0n) is 11.2. The van der Waals surface area contributed by atoms with E-state index in [4.69, 9.17) is 39.5 Å². The zero-order valence-corrected chi connectivity index (χ0v) is 13.4. The number of pyridine rings is 1. The predicted octanol–water partition coefficient (Wildman–Crippen LogP) is 4.86. The van der Waals surface area contributed by atoms with Crippen LogP contribution in [0.1, 0.15) is 11.9 Å². The number of aromatic nitrogens is 3. The first-order chi connectivity index (χ1) is 10.6. The number of hydrogen-bond acceptors (Lipinski definition) is 3. The van der Waals surface area contributed by atoms with Gasteiger partial charge in [0.1, 0.15) is 11.4 Å². The third-order valence-corrected chi connectivity index (χ3v) is 4.02. The molecular weight excluding hydrogens is 345 g/mol. The van der Waals surface area contributed by atoms with E-state index in [1.165, 1.54) is 0 Å². The molecule has 0 saturated carbocycles. The van der Waals surface area contributed by atoms with Gasteiger partial charge in [-0.15, -0.1) is 0 Å². The molecule has 1 unspecified atom stereocenters. The predicted molar refractivity (Wildman–Crippen MR) is 86.7 cm³/mol. The van der Waals surface area contributed by atoms with Crippen molar-refractivity contribution in [3.05, 3.63) is 76.0 Å². The van der Waals surface area contributed by atoms with Crippen molar-refractivity contribution in [2.24, 2.45) is 0 Å². The summed E-state index contributed by atoms with van der Waals surface area (Å²) < 4.78 is 7.74. The fourth-order valence-electron chi connectivity index (χ4n) is 1.92. The first-order valence-electron chi connectivity index (χ1n) is 6.34. The fourth-order valence-corrected chi connectivity index (χ4v) is 2.40. The molecule has 0 bridgehead atoms. The van der Waals surface area contributed by atoms with E-state index >= 15 is 0 Å². The van der Waals surface area contributed by atoms with Crippen molar-refractivity contribution in [3.8, 4) is 5.75 Å². The maximum absolute atomic E-state index is 6.27. The molecule has 3 aromatic rings. The van der Waals surface area contributed by atoms with Crippen molar-refractivity contribution in [2.45, 2.75) is 6.23 Å². The third-order valence-electron chi connectivity index (χ3n) is 2.96. The quantitative estimate of drug-likeness (QED) is 0.671. The molecule has 7 heteroatoms. The molecule has 0 aliphatic heterocycles. The van der Waals surface area contributed by atoms with Crippen LogP contribution in [0.4, 0.5) is 0 Å². The van der Waals surface area contributed by atoms with Crippen molar-refractivity contribution in [2.75, 3.05) is 0 Å². The van der Waals surface area contributed by atoms with Crippen LogP contribution in [-0.2, 0) is 0 Å². The van der Waals surface area contributed by atoms with Crippen molar-refractivity contribution in [1.29, 1.82) is 0 Å². The average molecular weight is 355 g/mol. The lowest BCUT2D eigenvalue weighted by Crippen LogP contribution is -2.18. The van der Waals surface area contributed by atoms with E-state index in [2.05, 4.69) is 9.97 Å². The Bertz CT molecular complexity index is 760. The molecule has 0 spiro atoms. The molecule has 2 heterocycles. The Labute approximate surface area is 142 Å². The second kappa shape index (κ2) is 6.57. The SMILES string of the molecule is Clc1ccc(OC(c2nccc(Cl)c2Cl)n2ccnc2)cc1. The number of nitrogens with zero attached hydrogens (tertiary/aromatic N) is 3. The standard InChI is InChI=1S/C15H10Cl3N3O/c16-10-1-3-11(4-2-10)22-15(21-8-7-19-9-21)14-13(18)12(17)5-6-20-14/h1-9,15H. The Balaban J connectivity index is 2.01. The molecule has 0 amide bonds. The van der Waals surface area contributed by atoms with E-state index < -0.39 is 6.23 Å². The van der Waals surface area contributed by atoms with Crippen LogP contribution >= 0.6 is 34.8 Å². The monoisotopic (exact) mass is 353 g/mol. The number of rotatable bonds is 4. The molecule has 0 N–H and O–H groups in total. The molecule has 22 heavy (non-hydrogen) atoms. The van der Waals surface area contributed by atoms with Crippen LogP contribution in [0.15, 0.2) is 55.2 Å². The topological polar surface area (TPSA) is 39.9 Å². The number of benzene rings is 1. The number of halogens is 3. The first-order valence-corrected chi connectivity index (χ1v) is 7.48. The van der Waals surface area contributed by atoms with Crippen molar-refractivity contribution < 1.29 is 4.74 Å². The van der Waals surface area contributed by atoms with E-state index in [0.29, 0.717) is 26.5 Å². The highest BCUT2D eigenvalue weighted by atomic mass is 35.5. The average Bonchev–Trinajstić information content (AvgIpc) is 3.04. The zero-order chi connectivity index (χ0) is 15.5. The van der Waals surface area contributed by atoms with Crippen molar-refractivity contribution in [1.82, 2.24) is 14.5 Å².